The molecule has 1 atom stereocenters. The van der Waals surface area contributed by atoms with Gasteiger partial charge in [0.2, 0.25) is 0 Å². The molecule has 3 heteroatoms. The lowest BCUT2D eigenvalue weighted by atomic mass is 9.98. The van der Waals surface area contributed by atoms with Gasteiger partial charge in [-0.15, -0.1) is 11.6 Å². The average molecular weight is 427 g/mol. The molecule has 3 aromatic rings. The molecule has 0 fully saturated rings. The third-order valence-electron chi connectivity index (χ3n) is 3.57. The van der Waals surface area contributed by atoms with Crippen LogP contribution in [-0.4, -0.2) is 0 Å². The number of hydrogen-bond acceptors (Lipinski definition) is 0. The largest absolute Gasteiger partial charge is 0.117 e. The molecule has 0 nitrogen and oxygen atoms in total. The zero-order valence-corrected chi connectivity index (χ0v) is 14.9. The van der Waals surface area contributed by atoms with Crippen LogP contribution in [0, 0.1) is 3.57 Å². The number of benzene rings is 3. The molecule has 0 aliphatic rings. The van der Waals surface area contributed by atoms with Crippen LogP contribution in [0.1, 0.15) is 16.5 Å². The third-order valence-corrected chi connectivity index (χ3v) is 5.18. The average Bonchev–Trinajstić information content (AvgIpc) is 2.50. The minimum atomic E-state index is -0.0820. The molecule has 106 valence electrons. The van der Waals surface area contributed by atoms with Crippen molar-refractivity contribution in [2.24, 2.45) is 0 Å². The summed E-state index contributed by atoms with van der Waals surface area (Å²) in [6, 6.07) is 20.6. The first-order valence-electron chi connectivity index (χ1n) is 6.71. The molecule has 0 heterocycles. The second-order valence-corrected chi connectivity index (χ2v) is 7.10. The first-order chi connectivity index (χ1) is 10.1. The van der Waals surface area contributed by atoms with Crippen molar-refractivity contribution in [3.63, 3.8) is 0 Å². The van der Waals surface area contributed by atoms with E-state index >= 15 is 0 Å². The zero-order valence-electron chi connectivity index (χ0n) is 11.2. The van der Waals surface area contributed by atoms with Gasteiger partial charge in [-0.2, -0.15) is 0 Å². The number of fused-ring (bicyclic) bond motifs is 1. The van der Waals surface area contributed by atoms with Gasteiger partial charge in [0.05, 0.1) is 5.38 Å². The van der Waals surface area contributed by atoms with Gasteiger partial charge in [-0.3, -0.25) is 0 Å². The van der Waals surface area contributed by atoms with E-state index in [0.717, 1.165) is 20.6 Å². The Labute approximate surface area is 148 Å². The van der Waals surface area contributed by atoms with Gasteiger partial charge in [-0.05, 0) is 69.1 Å². The molecule has 0 bridgehead atoms. The first kappa shape index (κ1) is 15.1. The lowest BCUT2D eigenvalue weighted by molar-refractivity contribution is 0.921. The van der Waals surface area contributed by atoms with Gasteiger partial charge in [0, 0.05) is 8.59 Å². The summed E-state index contributed by atoms with van der Waals surface area (Å²) in [4.78, 5) is 0. The molecule has 0 aliphatic carbocycles. The van der Waals surface area contributed by atoms with E-state index in [2.05, 4.69) is 65.1 Å². The van der Waals surface area contributed by atoms with Crippen molar-refractivity contribution in [3.05, 3.63) is 80.4 Å². The summed E-state index contributed by atoms with van der Waals surface area (Å²) in [7, 11) is 0. The third kappa shape index (κ3) is 3.36. The highest BCUT2D eigenvalue weighted by Crippen LogP contribution is 2.32. The fraction of sp³-hybridized carbons (Fsp3) is 0.111. The Morgan fingerprint density at radius 1 is 0.952 bits per heavy atom. The standard InChI is InChI=1S/C18H13Cl2I/c19-14-8-9-18(21)16(11-14)17(20)10-13-6-3-5-12-4-1-2-7-15(12)13/h1-9,11,17H,10H2. The molecule has 21 heavy (non-hydrogen) atoms. The van der Waals surface area contributed by atoms with Gasteiger partial charge in [0.25, 0.3) is 0 Å². The van der Waals surface area contributed by atoms with E-state index in [1.807, 2.05) is 18.2 Å². The Hall–Kier alpha value is -0.770. The Morgan fingerprint density at radius 3 is 2.57 bits per heavy atom. The van der Waals surface area contributed by atoms with Crippen LogP contribution in [-0.2, 0) is 6.42 Å². The number of halogens is 3. The van der Waals surface area contributed by atoms with Crippen molar-refractivity contribution < 1.29 is 0 Å². The number of hydrogen-bond donors (Lipinski definition) is 0. The molecular weight excluding hydrogens is 414 g/mol. The monoisotopic (exact) mass is 426 g/mol. The predicted molar refractivity (Wildman–Crippen MR) is 100 cm³/mol. The van der Waals surface area contributed by atoms with E-state index in [0.29, 0.717) is 0 Å². The second-order valence-electron chi connectivity index (χ2n) is 4.98. The normalized spacial score (nSPS) is 12.5. The van der Waals surface area contributed by atoms with Crippen LogP contribution in [0.5, 0.6) is 0 Å². The topological polar surface area (TPSA) is 0 Å². The summed E-state index contributed by atoms with van der Waals surface area (Å²) in [5.74, 6) is 0. The highest BCUT2D eigenvalue weighted by molar-refractivity contribution is 14.1. The highest BCUT2D eigenvalue weighted by Gasteiger charge is 2.14. The molecule has 1 unspecified atom stereocenters. The van der Waals surface area contributed by atoms with Gasteiger partial charge in [-0.1, -0.05) is 54.1 Å². The summed E-state index contributed by atoms with van der Waals surface area (Å²) in [5, 5.41) is 3.16. The lowest BCUT2D eigenvalue weighted by Gasteiger charge is -2.14. The van der Waals surface area contributed by atoms with Crippen molar-refractivity contribution in [1.29, 1.82) is 0 Å². The van der Waals surface area contributed by atoms with Gasteiger partial charge in [-0.25, -0.2) is 0 Å². The molecule has 0 saturated carbocycles. The smallest absolute Gasteiger partial charge is 0.0636 e. The Balaban J connectivity index is 1.96. The molecule has 0 amide bonds. The van der Waals surface area contributed by atoms with Gasteiger partial charge in [0.15, 0.2) is 0 Å². The number of alkyl halides is 1. The molecule has 0 aliphatic heterocycles. The maximum atomic E-state index is 6.65. The van der Waals surface area contributed by atoms with E-state index in [-0.39, 0.29) is 5.38 Å². The van der Waals surface area contributed by atoms with Crippen molar-refractivity contribution in [2.75, 3.05) is 0 Å². The molecule has 0 aromatic heterocycles. The Kier molecular flexibility index (Phi) is 4.72. The van der Waals surface area contributed by atoms with E-state index in [9.17, 15) is 0 Å². The number of rotatable bonds is 3. The second kappa shape index (κ2) is 6.55. The summed E-state index contributed by atoms with van der Waals surface area (Å²) >= 11 is 15.1. The SMILES string of the molecule is Clc1ccc(I)c(C(Cl)Cc2cccc3ccccc23)c1. The van der Waals surface area contributed by atoms with Crippen LogP contribution in [0.4, 0.5) is 0 Å². The van der Waals surface area contributed by atoms with Crippen molar-refractivity contribution in [1.82, 2.24) is 0 Å². The maximum Gasteiger partial charge on any atom is 0.0636 e. The minimum Gasteiger partial charge on any atom is -0.117 e. The van der Waals surface area contributed by atoms with E-state index in [4.69, 9.17) is 23.2 Å². The van der Waals surface area contributed by atoms with Crippen LogP contribution in [0.2, 0.25) is 5.02 Å². The molecule has 0 radical (unpaired) electrons. The van der Waals surface area contributed by atoms with E-state index in [1.54, 1.807) is 0 Å². The zero-order chi connectivity index (χ0) is 14.8. The van der Waals surface area contributed by atoms with Crippen LogP contribution in [0.3, 0.4) is 0 Å². The summed E-state index contributed by atoms with van der Waals surface area (Å²) in [6.45, 7) is 0. The van der Waals surface area contributed by atoms with E-state index < -0.39 is 0 Å². The van der Waals surface area contributed by atoms with Crippen LogP contribution >= 0.6 is 45.8 Å². The Morgan fingerprint density at radius 2 is 1.71 bits per heavy atom. The van der Waals surface area contributed by atoms with Gasteiger partial charge in [0.1, 0.15) is 0 Å². The fourth-order valence-corrected chi connectivity index (χ4v) is 3.95. The molecular formula is C18H13Cl2I. The van der Waals surface area contributed by atoms with Crippen molar-refractivity contribution in [3.8, 4) is 0 Å². The van der Waals surface area contributed by atoms with Crippen LogP contribution in [0.25, 0.3) is 10.8 Å². The highest BCUT2D eigenvalue weighted by atomic mass is 127. The van der Waals surface area contributed by atoms with Crippen LogP contribution < -0.4 is 0 Å². The molecule has 3 rings (SSSR count). The predicted octanol–water partition coefficient (Wildman–Crippen LogP) is 6.62. The maximum absolute atomic E-state index is 6.65. The summed E-state index contributed by atoms with van der Waals surface area (Å²) in [6.07, 6.45) is 0.791. The van der Waals surface area contributed by atoms with Gasteiger partial charge >= 0.3 is 0 Å². The minimum absolute atomic E-state index is 0.0820. The molecule has 0 spiro atoms. The first-order valence-corrected chi connectivity index (χ1v) is 8.60. The molecule has 0 N–H and O–H groups in total. The van der Waals surface area contributed by atoms with Gasteiger partial charge < -0.3 is 0 Å². The summed E-state index contributed by atoms with van der Waals surface area (Å²) < 4.78 is 1.15. The van der Waals surface area contributed by atoms with E-state index in [1.165, 1.54) is 16.3 Å². The van der Waals surface area contributed by atoms with Crippen molar-refractivity contribution >= 4 is 56.6 Å². The van der Waals surface area contributed by atoms with Crippen LogP contribution in [0.15, 0.2) is 60.7 Å². The Bertz CT molecular complexity index is 778. The molecule has 0 saturated heterocycles. The lowest BCUT2D eigenvalue weighted by Crippen LogP contribution is -1.99. The summed E-state index contributed by atoms with van der Waals surface area (Å²) in [5.41, 5.74) is 2.36. The molecule has 3 aromatic carbocycles. The fourth-order valence-electron chi connectivity index (χ4n) is 2.53. The quantitative estimate of drug-likeness (QED) is 0.326. The van der Waals surface area contributed by atoms with Crippen molar-refractivity contribution in [2.45, 2.75) is 11.8 Å².